The van der Waals surface area contributed by atoms with E-state index in [0.717, 1.165) is 24.7 Å². The highest BCUT2D eigenvalue weighted by molar-refractivity contribution is 5.39. The monoisotopic (exact) mass is 223 g/mol. The highest BCUT2D eigenvalue weighted by Gasteiger charge is 2.02. The Labute approximate surface area is 97.6 Å². The summed E-state index contributed by atoms with van der Waals surface area (Å²) in [6.07, 6.45) is 1.74. The van der Waals surface area contributed by atoms with Gasteiger partial charge in [-0.1, -0.05) is 13.8 Å². The first kappa shape index (κ1) is 12.8. The number of nitrogens with one attached hydrogen (secondary N) is 1. The number of ether oxygens (including phenoxy) is 1. The summed E-state index contributed by atoms with van der Waals surface area (Å²) in [4.78, 5) is 6.44. The van der Waals surface area contributed by atoms with Crippen LogP contribution in [0.3, 0.4) is 0 Å². The molecule has 0 aliphatic carbocycles. The van der Waals surface area contributed by atoms with Crippen molar-refractivity contribution in [1.29, 1.82) is 0 Å². The van der Waals surface area contributed by atoms with Gasteiger partial charge in [-0.3, -0.25) is 0 Å². The van der Waals surface area contributed by atoms with Gasteiger partial charge in [-0.15, -0.1) is 0 Å². The maximum atomic E-state index is 5.07. The normalized spacial score (nSPS) is 10.6. The van der Waals surface area contributed by atoms with Gasteiger partial charge >= 0.3 is 0 Å². The first-order chi connectivity index (χ1) is 7.63. The van der Waals surface area contributed by atoms with Crippen LogP contribution < -0.4 is 15.0 Å². The van der Waals surface area contributed by atoms with Crippen molar-refractivity contribution in [3.8, 4) is 5.75 Å². The van der Waals surface area contributed by atoms with Crippen molar-refractivity contribution in [1.82, 2.24) is 10.3 Å². The summed E-state index contributed by atoms with van der Waals surface area (Å²) in [6, 6.07) is 4.42. The van der Waals surface area contributed by atoms with E-state index in [2.05, 4.69) is 29.0 Å². The molecule has 0 saturated heterocycles. The minimum absolute atomic E-state index is 0.525. The highest BCUT2D eigenvalue weighted by atomic mass is 16.5. The molecule has 0 spiro atoms. The van der Waals surface area contributed by atoms with Gasteiger partial charge < -0.3 is 15.0 Å². The Bertz CT molecular complexity index is 298. The van der Waals surface area contributed by atoms with E-state index in [4.69, 9.17) is 4.74 Å². The van der Waals surface area contributed by atoms with Crippen molar-refractivity contribution in [3.05, 3.63) is 18.3 Å². The Morgan fingerprint density at radius 3 is 2.69 bits per heavy atom. The Kier molecular flexibility index (Phi) is 5.05. The number of nitrogens with zero attached hydrogens (tertiary/aromatic N) is 2. The fourth-order valence-corrected chi connectivity index (χ4v) is 1.35. The molecule has 0 saturated carbocycles. The van der Waals surface area contributed by atoms with E-state index in [1.54, 1.807) is 13.3 Å². The van der Waals surface area contributed by atoms with E-state index in [-0.39, 0.29) is 0 Å². The molecule has 1 aromatic rings. The lowest BCUT2D eigenvalue weighted by Crippen LogP contribution is -2.33. The van der Waals surface area contributed by atoms with E-state index in [0.29, 0.717) is 6.04 Å². The van der Waals surface area contributed by atoms with E-state index >= 15 is 0 Å². The number of aromatic nitrogens is 1. The van der Waals surface area contributed by atoms with Crippen LogP contribution in [0.4, 0.5) is 5.82 Å². The number of likely N-dealkylation sites (N-methyl/N-ethyl adjacent to an activating group) is 1. The highest BCUT2D eigenvalue weighted by Crippen LogP contribution is 2.13. The maximum absolute atomic E-state index is 5.07. The minimum Gasteiger partial charge on any atom is -0.495 e. The smallest absolute Gasteiger partial charge is 0.137 e. The van der Waals surface area contributed by atoms with Crippen molar-refractivity contribution < 1.29 is 4.74 Å². The van der Waals surface area contributed by atoms with Crippen molar-refractivity contribution >= 4 is 5.82 Å². The second-order valence-electron chi connectivity index (χ2n) is 4.09. The van der Waals surface area contributed by atoms with Crippen LogP contribution in [0.5, 0.6) is 5.75 Å². The molecule has 1 heterocycles. The summed E-state index contributed by atoms with van der Waals surface area (Å²) >= 11 is 0. The molecule has 4 heteroatoms. The Morgan fingerprint density at radius 1 is 1.44 bits per heavy atom. The van der Waals surface area contributed by atoms with Gasteiger partial charge in [0.25, 0.3) is 0 Å². The molecular weight excluding hydrogens is 202 g/mol. The number of rotatable bonds is 6. The van der Waals surface area contributed by atoms with Gasteiger partial charge in [-0.05, 0) is 12.1 Å². The number of hydrogen-bond acceptors (Lipinski definition) is 4. The molecule has 4 nitrogen and oxygen atoms in total. The lowest BCUT2D eigenvalue weighted by atomic mass is 10.3. The minimum atomic E-state index is 0.525. The molecule has 0 fully saturated rings. The number of methoxy groups -OCH3 is 1. The van der Waals surface area contributed by atoms with E-state index in [1.807, 2.05) is 19.2 Å². The van der Waals surface area contributed by atoms with Crippen LogP contribution in [0, 0.1) is 0 Å². The molecule has 0 aliphatic heterocycles. The first-order valence-electron chi connectivity index (χ1n) is 5.58. The average molecular weight is 223 g/mol. The van der Waals surface area contributed by atoms with Crippen molar-refractivity contribution in [2.24, 2.45) is 0 Å². The van der Waals surface area contributed by atoms with Crippen LogP contribution in [0.25, 0.3) is 0 Å². The second kappa shape index (κ2) is 6.33. The summed E-state index contributed by atoms with van der Waals surface area (Å²) in [5, 5.41) is 3.37. The summed E-state index contributed by atoms with van der Waals surface area (Å²) in [5.74, 6) is 1.75. The van der Waals surface area contributed by atoms with E-state index < -0.39 is 0 Å². The third-order valence-corrected chi connectivity index (χ3v) is 2.35. The largest absolute Gasteiger partial charge is 0.495 e. The van der Waals surface area contributed by atoms with E-state index in [1.165, 1.54) is 0 Å². The van der Waals surface area contributed by atoms with Crippen molar-refractivity contribution in [2.75, 3.05) is 32.1 Å². The summed E-state index contributed by atoms with van der Waals surface area (Å²) in [6.45, 7) is 6.19. The van der Waals surface area contributed by atoms with Gasteiger partial charge in [0.2, 0.25) is 0 Å². The molecule has 0 amide bonds. The predicted octanol–water partition coefficient (Wildman–Crippen LogP) is 1.52. The number of pyridine rings is 1. The summed E-state index contributed by atoms with van der Waals surface area (Å²) in [5.41, 5.74) is 0. The SMILES string of the molecule is COc1ccc(N(C)CCNC(C)C)nc1. The fourth-order valence-electron chi connectivity index (χ4n) is 1.35. The van der Waals surface area contributed by atoms with Gasteiger partial charge in [0.15, 0.2) is 0 Å². The predicted molar refractivity (Wildman–Crippen MR) is 67.2 cm³/mol. The van der Waals surface area contributed by atoms with Crippen molar-refractivity contribution in [2.45, 2.75) is 19.9 Å². The average Bonchev–Trinajstić information content (AvgIpc) is 2.28. The molecule has 0 radical (unpaired) electrons. The molecule has 1 N–H and O–H groups in total. The molecule has 0 atom stereocenters. The molecule has 1 aromatic heterocycles. The molecular formula is C12H21N3O. The summed E-state index contributed by atoms with van der Waals surface area (Å²) in [7, 11) is 3.68. The van der Waals surface area contributed by atoms with Gasteiger partial charge in [0.1, 0.15) is 11.6 Å². The van der Waals surface area contributed by atoms with Gasteiger partial charge in [0, 0.05) is 26.2 Å². The van der Waals surface area contributed by atoms with Crippen LogP contribution in [0.15, 0.2) is 18.3 Å². The van der Waals surface area contributed by atoms with Crippen molar-refractivity contribution in [3.63, 3.8) is 0 Å². The molecule has 0 unspecified atom stereocenters. The van der Waals surface area contributed by atoms with Gasteiger partial charge in [-0.2, -0.15) is 0 Å². The molecule has 1 rings (SSSR count). The Balaban J connectivity index is 2.43. The zero-order valence-electron chi connectivity index (χ0n) is 10.5. The molecule has 0 aliphatic rings. The third kappa shape index (κ3) is 4.06. The molecule has 90 valence electrons. The van der Waals surface area contributed by atoms with Gasteiger partial charge in [0.05, 0.1) is 13.3 Å². The van der Waals surface area contributed by atoms with Gasteiger partial charge in [-0.25, -0.2) is 4.98 Å². The first-order valence-corrected chi connectivity index (χ1v) is 5.58. The zero-order valence-corrected chi connectivity index (χ0v) is 10.5. The zero-order chi connectivity index (χ0) is 12.0. The summed E-state index contributed by atoms with van der Waals surface area (Å²) < 4.78 is 5.07. The maximum Gasteiger partial charge on any atom is 0.137 e. The van der Waals surface area contributed by atoms with Crippen LogP contribution >= 0.6 is 0 Å². The van der Waals surface area contributed by atoms with Crippen LogP contribution in [-0.2, 0) is 0 Å². The second-order valence-corrected chi connectivity index (χ2v) is 4.09. The lowest BCUT2D eigenvalue weighted by molar-refractivity contribution is 0.413. The fraction of sp³-hybridized carbons (Fsp3) is 0.583. The Morgan fingerprint density at radius 2 is 2.19 bits per heavy atom. The van der Waals surface area contributed by atoms with Crippen LogP contribution in [-0.4, -0.2) is 38.3 Å². The number of hydrogen-bond donors (Lipinski definition) is 1. The van der Waals surface area contributed by atoms with Crippen LogP contribution in [0.1, 0.15) is 13.8 Å². The third-order valence-electron chi connectivity index (χ3n) is 2.35. The topological polar surface area (TPSA) is 37.4 Å². The Hall–Kier alpha value is -1.29. The number of anilines is 1. The van der Waals surface area contributed by atoms with E-state index in [9.17, 15) is 0 Å². The quantitative estimate of drug-likeness (QED) is 0.793. The standard InChI is InChI=1S/C12H21N3O/c1-10(2)13-7-8-15(3)12-6-5-11(16-4)9-14-12/h5-6,9-10,13H,7-8H2,1-4H3. The molecule has 0 aromatic carbocycles. The lowest BCUT2D eigenvalue weighted by Gasteiger charge is -2.19. The molecule has 0 bridgehead atoms. The molecule has 16 heavy (non-hydrogen) atoms. The van der Waals surface area contributed by atoms with Crippen LogP contribution in [0.2, 0.25) is 0 Å².